The number of benzene rings is 1. The third-order valence-electron chi connectivity index (χ3n) is 2.61. The van der Waals surface area contributed by atoms with Gasteiger partial charge in [-0.05, 0) is 42.3 Å². The van der Waals surface area contributed by atoms with Gasteiger partial charge in [0, 0.05) is 16.7 Å². The molecule has 0 aliphatic heterocycles. The minimum Gasteiger partial charge on any atom is -0.258 e. The molecule has 112 valence electrons. The third-order valence-corrected chi connectivity index (χ3v) is 4.39. The van der Waals surface area contributed by atoms with Crippen LogP contribution in [0.2, 0.25) is 10.2 Å². The summed E-state index contributed by atoms with van der Waals surface area (Å²) in [5.41, 5.74) is 0.911. The maximum Gasteiger partial charge on any atom is 0.215 e. The van der Waals surface area contributed by atoms with Gasteiger partial charge in [0.1, 0.15) is 10.2 Å². The Hall–Kier alpha value is -1.28. The van der Waals surface area contributed by atoms with Crippen LogP contribution in [0.1, 0.15) is 0 Å². The second-order valence-corrected chi connectivity index (χ2v) is 6.68. The summed E-state index contributed by atoms with van der Waals surface area (Å²) in [5.74, 6) is 0.671. The molecular weight excluding hydrogens is 361 g/mol. The van der Waals surface area contributed by atoms with Gasteiger partial charge in [0.15, 0.2) is 11.0 Å². The zero-order valence-corrected chi connectivity index (χ0v) is 14.4. The molecule has 0 saturated heterocycles. The van der Waals surface area contributed by atoms with Gasteiger partial charge in [0.05, 0.1) is 0 Å². The first-order valence-electron chi connectivity index (χ1n) is 6.09. The van der Waals surface area contributed by atoms with Gasteiger partial charge in [0.2, 0.25) is 5.16 Å². The number of hydrogen-bond acceptors (Lipinski definition) is 6. The van der Waals surface area contributed by atoms with Crippen LogP contribution in [-0.4, -0.2) is 31.4 Å². The van der Waals surface area contributed by atoms with Crippen molar-refractivity contribution < 1.29 is 0 Å². The number of nitrogens with zero attached hydrogens (tertiary/aromatic N) is 4. The van der Waals surface area contributed by atoms with E-state index >= 15 is 0 Å². The van der Waals surface area contributed by atoms with Crippen molar-refractivity contribution in [1.82, 2.24) is 25.1 Å². The lowest BCUT2D eigenvalue weighted by molar-refractivity contribution is 0.887. The van der Waals surface area contributed by atoms with Crippen molar-refractivity contribution in [2.75, 3.05) is 6.26 Å². The van der Waals surface area contributed by atoms with Gasteiger partial charge >= 0.3 is 0 Å². The van der Waals surface area contributed by atoms with E-state index in [1.54, 1.807) is 18.2 Å². The van der Waals surface area contributed by atoms with E-state index in [9.17, 15) is 0 Å². The van der Waals surface area contributed by atoms with Gasteiger partial charge in [0.25, 0.3) is 0 Å². The van der Waals surface area contributed by atoms with Crippen molar-refractivity contribution in [3.05, 3.63) is 40.5 Å². The van der Waals surface area contributed by atoms with Crippen molar-refractivity contribution in [3.63, 3.8) is 0 Å². The molecule has 0 bridgehead atoms. The highest BCUT2D eigenvalue weighted by atomic mass is 35.5. The normalized spacial score (nSPS) is 10.9. The van der Waals surface area contributed by atoms with E-state index < -0.39 is 0 Å². The van der Waals surface area contributed by atoms with E-state index in [0.29, 0.717) is 31.3 Å². The van der Waals surface area contributed by atoms with Gasteiger partial charge in [-0.15, -0.1) is 5.10 Å². The fourth-order valence-electron chi connectivity index (χ4n) is 1.64. The molecule has 2 aromatic heterocycles. The zero-order chi connectivity index (χ0) is 15.5. The Morgan fingerprint density at radius 3 is 2.50 bits per heavy atom. The van der Waals surface area contributed by atoms with Crippen LogP contribution in [0.25, 0.3) is 11.4 Å². The van der Waals surface area contributed by atoms with Crippen LogP contribution in [0.4, 0.5) is 0 Å². The maximum absolute atomic E-state index is 5.97. The van der Waals surface area contributed by atoms with Crippen LogP contribution < -0.4 is 0 Å². The number of halogens is 2. The molecule has 0 fully saturated rings. The smallest absolute Gasteiger partial charge is 0.215 e. The molecule has 3 rings (SSSR count). The maximum atomic E-state index is 5.97. The van der Waals surface area contributed by atoms with E-state index in [1.165, 1.54) is 23.5 Å². The summed E-state index contributed by atoms with van der Waals surface area (Å²) in [6.07, 6.45) is 1.89. The largest absolute Gasteiger partial charge is 0.258 e. The lowest BCUT2D eigenvalue weighted by Crippen LogP contribution is -1.89. The Morgan fingerprint density at radius 1 is 1.00 bits per heavy atom. The summed E-state index contributed by atoms with van der Waals surface area (Å²) in [4.78, 5) is 12.9. The third kappa shape index (κ3) is 3.73. The molecule has 0 amide bonds. The molecule has 0 aliphatic rings. The van der Waals surface area contributed by atoms with E-state index in [0.717, 1.165) is 5.56 Å². The van der Waals surface area contributed by atoms with Gasteiger partial charge in [-0.1, -0.05) is 35.0 Å². The number of H-pyrrole nitrogens is 1. The second-order valence-electron chi connectivity index (χ2n) is 4.09. The summed E-state index contributed by atoms with van der Waals surface area (Å²) in [6, 6.07) is 9.06. The number of aromatic amines is 1. The number of rotatable bonds is 4. The average Bonchev–Trinajstić information content (AvgIpc) is 2.95. The van der Waals surface area contributed by atoms with E-state index in [-0.39, 0.29) is 0 Å². The quantitative estimate of drug-likeness (QED) is 0.416. The first kappa shape index (κ1) is 15.6. The van der Waals surface area contributed by atoms with Crippen molar-refractivity contribution in [2.24, 2.45) is 0 Å². The Morgan fingerprint density at radius 2 is 1.77 bits per heavy atom. The predicted octanol–water partition coefficient (Wildman–Crippen LogP) is 4.44. The van der Waals surface area contributed by atoms with Crippen LogP contribution in [-0.2, 0) is 0 Å². The molecule has 3 aromatic rings. The molecule has 0 saturated carbocycles. The van der Waals surface area contributed by atoms with E-state index in [1.807, 2.05) is 18.4 Å². The van der Waals surface area contributed by atoms with Crippen LogP contribution >= 0.6 is 46.7 Å². The molecule has 5 nitrogen and oxygen atoms in total. The number of nitrogens with one attached hydrogen (secondary N) is 1. The van der Waals surface area contributed by atoms with Crippen LogP contribution in [0, 0.1) is 0 Å². The van der Waals surface area contributed by atoms with Crippen molar-refractivity contribution in [2.45, 2.75) is 15.3 Å². The summed E-state index contributed by atoms with van der Waals surface area (Å²) in [5, 5.41) is 10.0. The molecule has 1 aromatic carbocycles. The SMILES string of the molecule is CSc1nc(Cl)cc(Sc2n[nH]c(-c3ccc(Cl)cc3)n2)n1. The predicted molar refractivity (Wildman–Crippen MR) is 89.8 cm³/mol. The summed E-state index contributed by atoms with van der Waals surface area (Å²) >= 11 is 14.6. The molecule has 0 spiro atoms. The molecule has 0 aliphatic carbocycles. The molecule has 0 unspecified atom stereocenters. The highest BCUT2D eigenvalue weighted by Gasteiger charge is 2.10. The summed E-state index contributed by atoms with van der Waals surface area (Å²) < 4.78 is 0. The zero-order valence-electron chi connectivity index (χ0n) is 11.2. The fraction of sp³-hybridized carbons (Fsp3) is 0.0769. The Kier molecular flexibility index (Phi) is 4.87. The Balaban J connectivity index is 1.82. The summed E-state index contributed by atoms with van der Waals surface area (Å²) in [7, 11) is 0. The molecule has 1 N–H and O–H groups in total. The lowest BCUT2D eigenvalue weighted by atomic mass is 10.2. The van der Waals surface area contributed by atoms with Crippen LogP contribution in [0.15, 0.2) is 45.7 Å². The first-order valence-corrected chi connectivity index (χ1v) is 8.88. The van der Waals surface area contributed by atoms with Gasteiger partial charge in [-0.25, -0.2) is 15.0 Å². The Bertz CT molecular complexity index is 791. The van der Waals surface area contributed by atoms with E-state index in [4.69, 9.17) is 23.2 Å². The number of aromatic nitrogens is 5. The van der Waals surface area contributed by atoms with Crippen molar-refractivity contribution >= 4 is 46.7 Å². The van der Waals surface area contributed by atoms with Crippen molar-refractivity contribution in [1.29, 1.82) is 0 Å². The molecule has 9 heteroatoms. The second kappa shape index (κ2) is 6.87. The molecular formula is C13H9Cl2N5S2. The highest BCUT2D eigenvalue weighted by molar-refractivity contribution is 7.99. The first-order chi connectivity index (χ1) is 10.6. The minimum atomic E-state index is 0.398. The average molecular weight is 370 g/mol. The van der Waals surface area contributed by atoms with Gasteiger partial charge < -0.3 is 0 Å². The minimum absolute atomic E-state index is 0.398. The van der Waals surface area contributed by atoms with Gasteiger partial charge in [-0.2, -0.15) is 0 Å². The molecule has 0 radical (unpaired) electrons. The monoisotopic (exact) mass is 369 g/mol. The summed E-state index contributed by atoms with van der Waals surface area (Å²) in [6.45, 7) is 0. The molecule has 0 atom stereocenters. The van der Waals surface area contributed by atoms with Crippen LogP contribution in [0.5, 0.6) is 0 Å². The van der Waals surface area contributed by atoms with Crippen LogP contribution in [0.3, 0.4) is 0 Å². The lowest BCUT2D eigenvalue weighted by Gasteiger charge is -2.00. The standard InChI is InChI=1S/C13H9Cl2N5S2/c1-21-12-16-9(15)6-10(17-12)22-13-18-11(19-20-13)7-2-4-8(14)5-3-7/h2-6H,1H3,(H,18,19,20). The topological polar surface area (TPSA) is 67.3 Å². The highest BCUT2D eigenvalue weighted by Crippen LogP contribution is 2.28. The molecule has 22 heavy (non-hydrogen) atoms. The number of thioether (sulfide) groups is 1. The van der Waals surface area contributed by atoms with Gasteiger partial charge in [-0.3, -0.25) is 5.10 Å². The van der Waals surface area contributed by atoms with E-state index in [2.05, 4.69) is 25.1 Å². The fourth-order valence-corrected chi connectivity index (χ4v) is 3.22. The van der Waals surface area contributed by atoms with Crippen molar-refractivity contribution in [3.8, 4) is 11.4 Å². The Labute approximate surface area is 145 Å². The number of hydrogen-bond donors (Lipinski definition) is 1. The molecule has 2 heterocycles.